The van der Waals surface area contributed by atoms with E-state index in [0.717, 1.165) is 10.6 Å². The van der Waals surface area contributed by atoms with Crippen molar-refractivity contribution in [2.45, 2.75) is 37.6 Å². The number of rotatable bonds is 3. The molecule has 0 aliphatic carbocycles. The molecule has 0 atom stereocenters. The number of nitrogen functional groups attached to an aromatic ring is 1. The van der Waals surface area contributed by atoms with Crippen LogP contribution in [0.1, 0.15) is 22.5 Å². The molecular formula is C14H18N4S. The Morgan fingerprint density at radius 3 is 2.42 bits per heavy atom. The molecule has 19 heavy (non-hydrogen) atoms. The molecule has 3 N–H and O–H groups in total. The van der Waals surface area contributed by atoms with Gasteiger partial charge in [0.25, 0.3) is 0 Å². The Labute approximate surface area is 117 Å². The summed E-state index contributed by atoms with van der Waals surface area (Å²) in [5.41, 5.74) is 6.17. The van der Waals surface area contributed by atoms with Crippen molar-refractivity contribution in [2.75, 3.05) is 5.43 Å². The van der Waals surface area contributed by atoms with Crippen LogP contribution >= 0.6 is 11.8 Å². The van der Waals surface area contributed by atoms with Crippen molar-refractivity contribution in [2.24, 2.45) is 5.84 Å². The molecular weight excluding hydrogens is 256 g/mol. The standard InChI is InChI=1S/C14H18N4S/c1-8-5-6-12(7-9(8)2)19-14-10(3)13(18-15)16-11(4)17-14/h5-7H,15H2,1-4H3,(H,16,17,18). The van der Waals surface area contributed by atoms with Crippen molar-refractivity contribution in [3.05, 3.63) is 40.7 Å². The minimum atomic E-state index is 0.679. The smallest absolute Gasteiger partial charge is 0.147 e. The number of nitrogens with zero attached hydrogens (tertiary/aromatic N) is 2. The Hall–Kier alpha value is -1.59. The second-order valence-electron chi connectivity index (χ2n) is 4.54. The first-order valence-electron chi connectivity index (χ1n) is 6.08. The zero-order valence-electron chi connectivity index (χ0n) is 11.6. The van der Waals surface area contributed by atoms with Gasteiger partial charge in [0.1, 0.15) is 16.7 Å². The lowest BCUT2D eigenvalue weighted by Gasteiger charge is -2.10. The Balaban J connectivity index is 2.37. The van der Waals surface area contributed by atoms with Crippen LogP contribution < -0.4 is 11.3 Å². The van der Waals surface area contributed by atoms with Crippen molar-refractivity contribution < 1.29 is 0 Å². The molecule has 0 fully saturated rings. The molecule has 2 rings (SSSR count). The number of anilines is 1. The third-order valence-electron chi connectivity index (χ3n) is 3.04. The van der Waals surface area contributed by atoms with Gasteiger partial charge in [0.15, 0.2) is 0 Å². The zero-order valence-corrected chi connectivity index (χ0v) is 12.4. The van der Waals surface area contributed by atoms with Gasteiger partial charge in [0, 0.05) is 10.5 Å². The van der Waals surface area contributed by atoms with E-state index in [1.165, 1.54) is 16.0 Å². The first-order chi connectivity index (χ1) is 9.01. The van der Waals surface area contributed by atoms with Crippen molar-refractivity contribution >= 4 is 17.6 Å². The summed E-state index contributed by atoms with van der Waals surface area (Å²) in [5.74, 6) is 6.87. The van der Waals surface area contributed by atoms with Crippen LogP contribution in [0.2, 0.25) is 0 Å². The normalized spacial score (nSPS) is 10.6. The lowest BCUT2D eigenvalue weighted by molar-refractivity contribution is 0.935. The fraction of sp³-hybridized carbons (Fsp3) is 0.286. The van der Waals surface area contributed by atoms with Crippen molar-refractivity contribution in [3.63, 3.8) is 0 Å². The summed E-state index contributed by atoms with van der Waals surface area (Å²) in [6, 6.07) is 6.41. The maximum absolute atomic E-state index is 5.48. The summed E-state index contributed by atoms with van der Waals surface area (Å²) in [6.45, 7) is 8.06. The van der Waals surface area contributed by atoms with Crippen LogP contribution in [0.4, 0.5) is 5.82 Å². The summed E-state index contributed by atoms with van der Waals surface area (Å²) in [4.78, 5) is 9.92. The van der Waals surface area contributed by atoms with Crippen LogP contribution in [0.3, 0.4) is 0 Å². The Kier molecular flexibility index (Phi) is 4.07. The molecule has 0 saturated carbocycles. The van der Waals surface area contributed by atoms with Crippen LogP contribution in [-0.4, -0.2) is 9.97 Å². The number of nitrogens with one attached hydrogen (secondary N) is 1. The number of hydrogen-bond acceptors (Lipinski definition) is 5. The van der Waals surface area contributed by atoms with Gasteiger partial charge < -0.3 is 5.43 Å². The molecule has 0 amide bonds. The van der Waals surface area contributed by atoms with E-state index in [9.17, 15) is 0 Å². The first kappa shape index (κ1) is 13.8. The first-order valence-corrected chi connectivity index (χ1v) is 6.90. The monoisotopic (exact) mass is 274 g/mol. The molecule has 0 saturated heterocycles. The Bertz CT molecular complexity index is 611. The predicted molar refractivity (Wildman–Crippen MR) is 79.4 cm³/mol. The number of aryl methyl sites for hydroxylation is 3. The summed E-state index contributed by atoms with van der Waals surface area (Å²) >= 11 is 1.63. The lowest BCUT2D eigenvalue weighted by Crippen LogP contribution is -2.12. The fourth-order valence-electron chi connectivity index (χ4n) is 1.73. The van der Waals surface area contributed by atoms with Gasteiger partial charge >= 0.3 is 0 Å². The number of hydrazine groups is 1. The average Bonchev–Trinajstić information content (AvgIpc) is 2.37. The zero-order chi connectivity index (χ0) is 14.0. The highest BCUT2D eigenvalue weighted by Gasteiger charge is 2.10. The van der Waals surface area contributed by atoms with Crippen molar-refractivity contribution in [3.8, 4) is 0 Å². The molecule has 0 radical (unpaired) electrons. The molecule has 2 aromatic rings. The van der Waals surface area contributed by atoms with Gasteiger partial charge in [-0.1, -0.05) is 17.8 Å². The fourth-order valence-corrected chi connectivity index (χ4v) is 2.75. The Morgan fingerprint density at radius 1 is 1.05 bits per heavy atom. The number of hydrogen-bond donors (Lipinski definition) is 2. The molecule has 0 spiro atoms. The van der Waals surface area contributed by atoms with E-state index in [1.54, 1.807) is 11.8 Å². The van der Waals surface area contributed by atoms with Crippen LogP contribution in [0.5, 0.6) is 0 Å². The minimum absolute atomic E-state index is 0.679. The van der Waals surface area contributed by atoms with E-state index < -0.39 is 0 Å². The summed E-state index contributed by atoms with van der Waals surface area (Å²) in [7, 11) is 0. The number of nitrogens with two attached hydrogens (primary N) is 1. The Morgan fingerprint density at radius 2 is 1.79 bits per heavy atom. The summed E-state index contributed by atoms with van der Waals surface area (Å²) in [5, 5.41) is 0.934. The highest BCUT2D eigenvalue weighted by atomic mass is 32.2. The van der Waals surface area contributed by atoms with Crippen LogP contribution in [0, 0.1) is 27.7 Å². The number of aromatic nitrogens is 2. The van der Waals surface area contributed by atoms with Crippen molar-refractivity contribution in [1.82, 2.24) is 9.97 Å². The molecule has 1 heterocycles. The SMILES string of the molecule is Cc1nc(NN)c(C)c(Sc2ccc(C)c(C)c2)n1. The quantitative estimate of drug-likeness (QED) is 0.511. The molecule has 1 aromatic carbocycles. The highest BCUT2D eigenvalue weighted by Crippen LogP contribution is 2.31. The van der Waals surface area contributed by atoms with E-state index in [1.807, 2.05) is 13.8 Å². The second-order valence-corrected chi connectivity index (χ2v) is 5.60. The van der Waals surface area contributed by atoms with E-state index in [4.69, 9.17) is 5.84 Å². The molecule has 0 unspecified atom stereocenters. The third kappa shape index (κ3) is 3.05. The molecule has 5 heteroatoms. The maximum Gasteiger partial charge on any atom is 0.147 e. The third-order valence-corrected chi connectivity index (χ3v) is 4.12. The highest BCUT2D eigenvalue weighted by molar-refractivity contribution is 7.99. The number of benzene rings is 1. The van der Waals surface area contributed by atoms with Crippen molar-refractivity contribution in [1.29, 1.82) is 0 Å². The maximum atomic E-state index is 5.48. The van der Waals surface area contributed by atoms with Crippen LogP contribution in [0.25, 0.3) is 0 Å². The van der Waals surface area contributed by atoms with Gasteiger partial charge in [-0.05, 0) is 51.0 Å². The van der Waals surface area contributed by atoms with Gasteiger partial charge in [0.2, 0.25) is 0 Å². The van der Waals surface area contributed by atoms with Gasteiger partial charge in [-0.25, -0.2) is 15.8 Å². The summed E-state index contributed by atoms with van der Waals surface area (Å²) < 4.78 is 0. The minimum Gasteiger partial charge on any atom is -0.308 e. The predicted octanol–water partition coefficient (Wildman–Crippen LogP) is 3.15. The molecule has 0 bridgehead atoms. The van der Waals surface area contributed by atoms with E-state index >= 15 is 0 Å². The van der Waals surface area contributed by atoms with E-state index in [2.05, 4.69) is 47.4 Å². The molecule has 0 aliphatic heterocycles. The molecule has 4 nitrogen and oxygen atoms in total. The largest absolute Gasteiger partial charge is 0.308 e. The van der Waals surface area contributed by atoms with Gasteiger partial charge in [-0.15, -0.1) is 0 Å². The molecule has 1 aromatic heterocycles. The van der Waals surface area contributed by atoms with E-state index in [0.29, 0.717) is 11.6 Å². The second kappa shape index (κ2) is 5.59. The summed E-state index contributed by atoms with van der Waals surface area (Å²) in [6.07, 6.45) is 0. The average molecular weight is 274 g/mol. The van der Waals surface area contributed by atoms with Crippen LogP contribution in [-0.2, 0) is 0 Å². The van der Waals surface area contributed by atoms with Gasteiger partial charge in [-0.2, -0.15) is 0 Å². The topological polar surface area (TPSA) is 63.8 Å². The lowest BCUT2D eigenvalue weighted by atomic mass is 10.1. The molecule has 100 valence electrons. The van der Waals surface area contributed by atoms with Gasteiger partial charge in [-0.3, -0.25) is 0 Å². The molecule has 0 aliphatic rings. The van der Waals surface area contributed by atoms with Crippen LogP contribution in [0.15, 0.2) is 28.1 Å². The van der Waals surface area contributed by atoms with Gasteiger partial charge in [0.05, 0.1) is 0 Å². The van der Waals surface area contributed by atoms with E-state index in [-0.39, 0.29) is 0 Å².